The van der Waals surface area contributed by atoms with Crippen LogP contribution in [0.2, 0.25) is 10.0 Å². The summed E-state index contributed by atoms with van der Waals surface area (Å²) in [5, 5.41) is 4.01. The molecule has 0 aromatic heterocycles. The topological polar surface area (TPSA) is 71.6 Å². The van der Waals surface area contributed by atoms with Crippen LogP contribution in [0.25, 0.3) is 0 Å². The van der Waals surface area contributed by atoms with Gasteiger partial charge < -0.3 is 14.8 Å². The van der Waals surface area contributed by atoms with Crippen molar-refractivity contribution in [2.45, 2.75) is 37.3 Å². The Kier molecular flexibility index (Phi) is 6.96. The van der Waals surface area contributed by atoms with Gasteiger partial charge in [-0.15, -0.1) is 0 Å². The van der Waals surface area contributed by atoms with E-state index in [1.54, 1.807) is 20.3 Å². The first kappa shape index (κ1) is 22.9. The molecular formula is C24H27Cl2N3O3. The van der Waals surface area contributed by atoms with E-state index in [4.69, 9.17) is 32.7 Å². The maximum Gasteiger partial charge on any atom is 0.247 e. The number of amides is 1. The molecule has 0 radical (unpaired) electrons. The standard InChI is InChI=1S/C24H27Cl2N3O3/c1-4-20(30)27-16-8-6-5-7-14(16)24-15-10-9-13(11-17(15)28-29-24)21-22(25)18(31-2)12-19(32-3)23(21)26/h4-8,12-13,15,17,24,28-29H,1,9-11H2,2-3H3,(H,27,30)/t13-,15?,17?,24?/m1/s1. The Morgan fingerprint density at radius 1 is 1.12 bits per heavy atom. The largest absolute Gasteiger partial charge is 0.495 e. The molecule has 2 fully saturated rings. The van der Waals surface area contributed by atoms with Gasteiger partial charge in [-0.2, -0.15) is 0 Å². The Morgan fingerprint density at radius 3 is 2.47 bits per heavy atom. The predicted octanol–water partition coefficient (Wildman–Crippen LogP) is 5.24. The molecule has 8 heteroatoms. The number of carbonyl (C=O) groups excluding carboxylic acids is 1. The Morgan fingerprint density at radius 2 is 1.81 bits per heavy atom. The molecule has 0 bridgehead atoms. The van der Waals surface area contributed by atoms with Gasteiger partial charge in [-0.05, 0) is 48.8 Å². The number of hydrogen-bond donors (Lipinski definition) is 3. The van der Waals surface area contributed by atoms with Gasteiger partial charge in [0, 0.05) is 23.4 Å². The van der Waals surface area contributed by atoms with E-state index in [1.165, 1.54) is 6.08 Å². The number of fused-ring (bicyclic) bond motifs is 1. The minimum absolute atomic E-state index is 0.0769. The number of hydrazine groups is 1. The lowest BCUT2D eigenvalue weighted by Gasteiger charge is -2.34. The zero-order chi connectivity index (χ0) is 22.8. The summed E-state index contributed by atoms with van der Waals surface area (Å²) >= 11 is 13.4. The minimum atomic E-state index is -0.222. The fraction of sp³-hybridized carbons (Fsp3) is 0.375. The second kappa shape index (κ2) is 9.71. The first-order valence-electron chi connectivity index (χ1n) is 10.6. The Labute approximate surface area is 198 Å². The number of carbonyl (C=O) groups is 1. The maximum absolute atomic E-state index is 11.9. The van der Waals surface area contributed by atoms with Gasteiger partial charge in [-0.25, -0.2) is 5.43 Å². The van der Waals surface area contributed by atoms with Gasteiger partial charge in [0.1, 0.15) is 11.5 Å². The van der Waals surface area contributed by atoms with Crippen molar-refractivity contribution in [1.82, 2.24) is 10.9 Å². The third-order valence-electron chi connectivity index (χ3n) is 6.51. The highest BCUT2D eigenvalue weighted by Gasteiger charge is 2.43. The summed E-state index contributed by atoms with van der Waals surface area (Å²) in [6, 6.07) is 9.90. The van der Waals surface area contributed by atoms with Gasteiger partial charge in [-0.1, -0.05) is 48.0 Å². The van der Waals surface area contributed by atoms with Gasteiger partial charge in [0.15, 0.2) is 0 Å². The van der Waals surface area contributed by atoms with Crippen LogP contribution in [0.5, 0.6) is 11.5 Å². The third kappa shape index (κ3) is 4.20. The average molecular weight is 476 g/mol. The van der Waals surface area contributed by atoms with Gasteiger partial charge in [0.2, 0.25) is 5.91 Å². The van der Waals surface area contributed by atoms with Crippen LogP contribution >= 0.6 is 23.2 Å². The zero-order valence-corrected chi connectivity index (χ0v) is 19.6. The first-order chi connectivity index (χ1) is 15.5. The number of ether oxygens (including phenoxy) is 2. The van der Waals surface area contributed by atoms with E-state index in [0.717, 1.165) is 36.1 Å². The molecule has 1 heterocycles. The van der Waals surface area contributed by atoms with Gasteiger partial charge in [-0.3, -0.25) is 10.2 Å². The fourth-order valence-corrected chi connectivity index (χ4v) is 5.77. The number of rotatable bonds is 6. The van der Waals surface area contributed by atoms with Crippen molar-refractivity contribution in [2.75, 3.05) is 19.5 Å². The van der Waals surface area contributed by atoms with Gasteiger partial charge >= 0.3 is 0 Å². The number of benzene rings is 2. The van der Waals surface area contributed by atoms with Gasteiger partial charge in [0.25, 0.3) is 0 Å². The summed E-state index contributed by atoms with van der Waals surface area (Å²) in [5.41, 5.74) is 9.65. The summed E-state index contributed by atoms with van der Waals surface area (Å²) in [7, 11) is 3.18. The monoisotopic (exact) mass is 475 g/mol. The Bertz CT molecular complexity index is 1000. The highest BCUT2D eigenvalue weighted by Crippen LogP contribution is 2.51. The van der Waals surface area contributed by atoms with Crippen molar-refractivity contribution in [3.63, 3.8) is 0 Å². The number of methoxy groups -OCH3 is 2. The highest BCUT2D eigenvalue weighted by molar-refractivity contribution is 6.38. The molecule has 3 N–H and O–H groups in total. The smallest absolute Gasteiger partial charge is 0.247 e. The maximum atomic E-state index is 11.9. The number of hydrogen-bond acceptors (Lipinski definition) is 5. The first-order valence-corrected chi connectivity index (χ1v) is 11.4. The van der Waals surface area contributed by atoms with Crippen LogP contribution in [0.1, 0.15) is 42.3 Å². The molecule has 1 aliphatic heterocycles. The molecule has 2 aromatic rings. The number of nitrogens with one attached hydrogen (secondary N) is 3. The zero-order valence-electron chi connectivity index (χ0n) is 18.1. The molecule has 2 aliphatic rings. The summed E-state index contributed by atoms with van der Waals surface area (Å²) in [6.45, 7) is 3.55. The lowest BCUT2D eigenvalue weighted by molar-refractivity contribution is -0.111. The van der Waals surface area contributed by atoms with Crippen LogP contribution in [-0.2, 0) is 4.79 Å². The van der Waals surface area contributed by atoms with Crippen molar-refractivity contribution in [2.24, 2.45) is 5.92 Å². The molecule has 1 saturated carbocycles. The molecule has 4 rings (SSSR count). The van der Waals surface area contributed by atoms with E-state index in [-0.39, 0.29) is 23.9 Å². The predicted molar refractivity (Wildman–Crippen MR) is 128 cm³/mol. The molecule has 6 nitrogen and oxygen atoms in total. The molecule has 1 saturated heterocycles. The van der Waals surface area contributed by atoms with Crippen molar-refractivity contribution in [3.8, 4) is 11.5 Å². The Hall–Kier alpha value is -2.25. The highest BCUT2D eigenvalue weighted by atomic mass is 35.5. The molecule has 1 amide bonds. The second-order valence-electron chi connectivity index (χ2n) is 8.15. The van der Waals surface area contributed by atoms with E-state index in [1.807, 2.05) is 24.3 Å². The number of halogens is 2. The van der Waals surface area contributed by atoms with Crippen LogP contribution < -0.4 is 25.6 Å². The molecular weight excluding hydrogens is 449 g/mol. The van der Waals surface area contributed by atoms with Crippen LogP contribution in [0.15, 0.2) is 43.0 Å². The van der Waals surface area contributed by atoms with Crippen molar-refractivity contribution >= 4 is 34.8 Å². The molecule has 3 unspecified atom stereocenters. The van der Waals surface area contributed by atoms with E-state index in [0.29, 0.717) is 27.5 Å². The Balaban J connectivity index is 1.58. The third-order valence-corrected chi connectivity index (χ3v) is 7.29. The van der Waals surface area contributed by atoms with E-state index < -0.39 is 0 Å². The fourth-order valence-electron chi connectivity index (χ4n) is 4.96. The van der Waals surface area contributed by atoms with Crippen LogP contribution in [0.3, 0.4) is 0 Å². The van der Waals surface area contributed by atoms with Crippen molar-refractivity contribution < 1.29 is 14.3 Å². The van der Waals surface area contributed by atoms with Gasteiger partial charge in [0.05, 0.1) is 30.3 Å². The minimum Gasteiger partial charge on any atom is -0.495 e. The van der Waals surface area contributed by atoms with Crippen molar-refractivity contribution in [3.05, 3.63) is 64.2 Å². The lowest BCUT2D eigenvalue weighted by Crippen LogP contribution is -2.35. The SMILES string of the molecule is C=CC(=O)Nc1ccccc1C1NNC2C[C@H](c3c(Cl)c(OC)cc(OC)c3Cl)CCC21. The quantitative estimate of drug-likeness (QED) is 0.498. The number of para-hydroxylation sites is 1. The molecule has 170 valence electrons. The second-order valence-corrected chi connectivity index (χ2v) is 8.91. The normalized spacial score (nSPS) is 24.5. The van der Waals surface area contributed by atoms with Crippen LogP contribution in [-0.4, -0.2) is 26.2 Å². The lowest BCUT2D eigenvalue weighted by atomic mass is 9.72. The molecule has 0 spiro atoms. The summed E-state index contributed by atoms with van der Waals surface area (Å²) in [4.78, 5) is 11.9. The molecule has 1 aliphatic carbocycles. The van der Waals surface area contributed by atoms with Crippen LogP contribution in [0.4, 0.5) is 5.69 Å². The molecule has 32 heavy (non-hydrogen) atoms. The van der Waals surface area contributed by atoms with E-state index in [9.17, 15) is 4.79 Å². The van der Waals surface area contributed by atoms with Crippen molar-refractivity contribution in [1.29, 1.82) is 0 Å². The number of anilines is 1. The van der Waals surface area contributed by atoms with Crippen LogP contribution in [0, 0.1) is 5.92 Å². The molecule has 2 aromatic carbocycles. The molecule has 4 atom stereocenters. The van der Waals surface area contributed by atoms with E-state index in [2.05, 4.69) is 22.7 Å². The van der Waals surface area contributed by atoms with E-state index >= 15 is 0 Å². The summed E-state index contributed by atoms with van der Waals surface area (Å²) in [5.74, 6) is 1.43. The summed E-state index contributed by atoms with van der Waals surface area (Å²) < 4.78 is 10.9. The summed E-state index contributed by atoms with van der Waals surface area (Å²) in [6.07, 6.45) is 4.04. The average Bonchev–Trinajstić information content (AvgIpc) is 3.23.